The minimum Gasteiger partial charge on any atom is -0.389 e. The van der Waals surface area contributed by atoms with Crippen LogP contribution in [0.15, 0.2) is 21.6 Å². The van der Waals surface area contributed by atoms with E-state index < -0.39 is 16.1 Å². The van der Waals surface area contributed by atoms with E-state index in [2.05, 4.69) is 26.2 Å². The normalized spacial score (nSPS) is 13.4. The molecule has 9 heteroatoms. The highest BCUT2D eigenvalue weighted by Gasteiger charge is 2.26. The molecule has 0 amide bonds. The number of aromatic nitrogens is 1. The molecule has 0 spiro atoms. The zero-order valence-electron chi connectivity index (χ0n) is 12.2. The van der Waals surface area contributed by atoms with Gasteiger partial charge >= 0.3 is 0 Å². The molecule has 0 aliphatic rings. The zero-order valence-corrected chi connectivity index (χ0v) is 14.6. The first-order chi connectivity index (χ1) is 9.82. The number of hydrogen-bond donors (Lipinski definition) is 2. The van der Waals surface area contributed by atoms with E-state index in [1.807, 2.05) is 6.92 Å². The lowest BCUT2D eigenvalue weighted by atomic mass is 10.4. The monoisotopic (exact) mass is 381 g/mol. The van der Waals surface area contributed by atoms with Gasteiger partial charge in [0.2, 0.25) is 10.0 Å². The second kappa shape index (κ2) is 8.04. The first kappa shape index (κ1) is 18.3. The minimum absolute atomic E-state index is 0.0610. The summed E-state index contributed by atoms with van der Waals surface area (Å²) in [5.41, 5.74) is 0. The number of nitrogens with zero attached hydrogens (tertiary/aromatic N) is 2. The lowest BCUT2D eigenvalue weighted by molar-refractivity contribution is 0.0554. The van der Waals surface area contributed by atoms with Gasteiger partial charge in [-0.3, -0.25) is 0 Å². The second-order valence-corrected chi connectivity index (χ2v) is 7.35. The fourth-order valence-corrected chi connectivity index (χ4v) is 3.56. The van der Waals surface area contributed by atoms with Gasteiger partial charge in [0.1, 0.15) is 10.7 Å². The Kier molecular flexibility index (Phi) is 7.01. The lowest BCUT2D eigenvalue weighted by Crippen LogP contribution is -2.36. The van der Waals surface area contributed by atoms with E-state index in [9.17, 15) is 13.5 Å². The molecule has 1 aromatic rings. The summed E-state index contributed by atoms with van der Waals surface area (Å²) in [5.74, 6) is 0.286. The first-order valence-electron chi connectivity index (χ1n) is 6.35. The van der Waals surface area contributed by atoms with Crippen LogP contribution in [0.4, 0.5) is 5.82 Å². The summed E-state index contributed by atoms with van der Waals surface area (Å²) < 4.78 is 31.6. The minimum atomic E-state index is -3.76. The molecule has 7 nitrogen and oxygen atoms in total. The third kappa shape index (κ3) is 4.89. The van der Waals surface area contributed by atoms with E-state index in [4.69, 9.17) is 4.74 Å². The van der Waals surface area contributed by atoms with Gasteiger partial charge < -0.3 is 15.2 Å². The summed E-state index contributed by atoms with van der Waals surface area (Å²) in [6, 6.07) is 1.49. The van der Waals surface area contributed by atoms with E-state index in [-0.39, 0.29) is 23.9 Å². The van der Waals surface area contributed by atoms with Crippen LogP contribution in [0, 0.1) is 0 Å². The molecule has 1 heterocycles. The molecule has 0 radical (unpaired) electrons. The third-order valence-electron chi connectivity index (χ3n) is 2.68. The van der Waals surface area contributed by atoms with Crippen LogP contribution in [-0.4, -0.2) is 62.8 Å². The van der Waals surface area contributed by atoms with Gasteiger partial charge in [-0.05, 0) is 28.9 Å². The zero-order chi connectivity index (χ0) is 16.0. The topological polar surface area (TPSA) is 91.8 Å². The largest absolute Gasteiger partial charge is 0.389 e. The highest BCUT2D eigenvalue weighted by Crippen LogP contribution is 2.25. The average molecular weight is 382 g/mol. The van der Waals surface area contributed by atoms with E-state index in [1.54, 1.807) is 0 Å². The van der Waals surface area contributed by atoms with Crippen LogP contribution in [0.2, 0.25) is 0 Å². The Bertz CT molecular complexity index is 568. The Balaban J connectivity index is 3.08. The summed E-state index contributed by atoms with van der Waals surface area (Å²) in [6.07, 6.45) is 0.633. The predicted molar refractivity (Wildman–Crippen MR) is 83.8 cm³/mol. The van der Waals surface area contributed by atoms with Crippen LogP contribution in [0.1, 0.15) is 6.92 Å². The van der Waals surface area contributed by atoms with Crippen molar-refractivity contribution < 1.29 is 18.3 Å². The van der Waals surface area contributed by atoms with Crippen molar-refractivity contribution in [1.82, 2.24) is 9.29 Å². The first-order valence-corrected chi connectivity index (χ1v) is 8.59. The number of halogens is 1. The van der Waals surface area contributed by atoms with E-state index in [0.29, 0.717) is 11.0 Å². The number of methoxy groups -OCH3 is 1. The van der Waals surface area contributed by atoms with E-state index >= 15 is 0 Å². The van der Waals surface area contributed by atoms with Crippen LogP contribution < -0.4 is 5.32 Å². The van der Waals surface area contributed by atoms with Gasteiger partial charge in [-0.15, -0.1) is 0 Å². The number of ether oxygens (including phenoxy) is 1. The maximum Gasteiger partial charge on any atom is 0.246 e. The number of sulfonamides is 1. The van der Waals surface area contributed by atoms with E-state index in [1.165, 1.54) is 26.4 Å². The molecular weight excluding hydrogens is 362 g/mol. The summed E-state index contributed by atoms with van der Waals surface area (Å²) in [4.78, 5) is 4.14. The molecule has 0 aliphatic heterocycles. The molecule has 2 N–H and O–H groups in total. The van der Waals surface area contributed by atoms with Crippen LogP contribution in [0.25, 0.3) is 0 Å². The molecule has 0 fully saturated rings. The molecular formula is C12H20BrN3O4S. The van der Waals surface area contributed by atoms with Crippen molar-refractivity contribution >= 4 is 31.8 Å². The van der Waals surface area contributed by atoms with Crippen LogP contribution in [0.5, 0.6) is 0 Å². The van der Waals surface area contributed by atoms with Gasteiger partial charge in [0, 0.05) is 37.9 Å². The van der Waals surface area contributed by atoms with Gasteiger partial charge in [-0.2, -0.15) is 4.31 Å². The standard InChI is InChI=1S/C12H20BrN3O4S/c1-4-14-12-11(5-9(13)6-15-12)21(18,19)16(2)7-10(17)8-20-3/h5-6,10,17H,4,7-8H2,1-3H3,(H,14,15). The second-order valence-electron chi connectivity index (χ2n) is 4.43. The van der Waals surface area contributed by atoms with Crippen molar-refractivity contribution in [2.45, 2.75) is 17.9 Å². The number of rotatable bonds is 8. The molecule has 0 saturated heterocycles. The molecule has 21 heavy (non-hydrogen) atoms. The molecule has 1 unspecified atom stereocenters. The summed E-state index contributed by atoms with van der Waals surface area (Å²) in [6.45, 7) is 2.41. The average Bonchev–Trinajstić information content (AvgIpc) is 2.41. The van der Waals surface area contributed by atoms with Crippen molar-refractivity contribution in [3.63, 3.8) is 0 Å². The maximum absolute atomic E-state index is 12.6. The van der Waals surface area contributed by atoms with Crippen molar-refractivity contribution in [2.24, 2.45) is 0 Å². The predicted octanol–water partition coefficient (Wildman–Crippen LogP) is 0.904. The van der Waals surface area contributed by atoms with Crippen molar-refractivity contribution in [2.75, 3.05) is 39.2 Å². The van der Waals surface area contributed by atoms with Gasteiger partial charge in [-0.25, -0.2) is 13.4 Å². The Morgan fingerprint density at radius 1 is 1.57 bits per heavy atom. The quantitative estimate of drug-likeness (QED) is 0.694. The fraction of sp³-hybridized carbons (Fsp3) is 0.583. The summed E-state index contributed by atoms with van der Waals surface area (Å²) >= 11 is 3.22. The Morgan fingerprint density at radius 3 is 2.81 bits per heavy atom. The van der Waals surface area contributed by atoms with Gasteiger partial charge in [0.15, 0.2) is 0 Å². The highest BCUT2D eigenvalue weighted by atomic mass is 79.9. The smallest absolute Gasteiger partial charge is 0.246 e. The molecule has 0 aromatic carbocycles. The Morgan fingerprint density at radius 2 is 2.24 bits per heavy atom. The number of hydrogen-bond acceptors (Lipinski definition) is 6. The fourth-order valence-electron chi connectivity index (χ4n) is 1.73. The SMILES string of the molecule is CCNc1ncc(Br)cc1S(=O)(=O)N(C)CC(O)COC. The number of likely N-dealkylation sites (N-methyl/N-ethyl adjacent to an activating group) is 1. The highest BCUT2D eigenvalue weighted by molar-refractivity contribution is 9.10. The van der Waals surface area contributed by atoms with E-state index in [0.717, 1.165) is 4.31 Å². The molecule has 1 rings (SSSR count). The molecule has 1 aromatic heterocycles. The van der Waals surface area contributed by atoms with Crippen molar-refractivity contribution in [1.29, 1.82) is 0 Å². The van der Waals surface area contributed by atoms with Crippen LogP contribution in [-0.2, 0) is 14.8 Å². The van der Waals surface area contributed by atoms with Gasteiger partial charge in [-0.1, -0.05) is 0 Å². The molecule has 1 atom stereocenters. The van der Waals surface area contributed by atoms with Crippen LogP contribution in [0.3, 0.4) is 0 Å². The number of nitrogens with one attached hydrogen (secondary N) is 1. The molecule has 0 aliphatic carbocycles. The molecule has 0 bridgehead atoms. The Hall–Kier alpha value is -0.740. The lowest BCUT2D eigenvalue weighted by Gasteiger charge is -2.21. The third-order valence-corrected chi connectivity index (χ3v) is 4.95. The molecule has 120 valence electrons. The Labute approximate surface area is 133 Å². The number of aliphatic hydroxyl groups excluding tert-OH is 1. The maximum atomic E-state index is 12.6. The molecule has 0 saturated carbocycles. The van der Waals surface area contributed by atoms with Crippen LogP contribution >= 0.6 is 15.9 Å². The number of aliphatic hydroxyl groups is 1. The van der Waals surface area contributed by atoms with Gasteiger partial charge in [0.05, 0.1) is 12.7 Å². The van der Waals surface area contributed by atoms with Crippen molar-refractivity contribution in [3.8, 4) is 0 Å². The summed E-state index contributed by atoms with van der Waals surface area (Å²) in [5, 5.41) is 12.6. The number of pyridine rings is 1. The summed E-state index contributed by atoms with van der Waals surface area (Å²) in [7, 11) is -0.914. The number of anilines is 1. The van der Waals surface area contributed by atoms with Gasteiger partial charge in [0.25, 0.3) is 0 Å². The van der Waals surface area contributed by atoms with Crippen molar-refractivity contribution in [3.05, 3.63) is 16.7 Å².